The van der Waals surface area contributed by atoms with E-state index in [0.717, 1.165) is 25.7 Å². The highest BCUT2D eigenvalue weighted by atomic mass is 15.1. The topological polar surface area (TPSA) is 3.24 Å². The van der Waals surface area contributed by atoms with Gasteiger partial charge in [-0.05, 0) is 152 Å². The van der Waals surface area contributed by atoms with Gasteiger partial charge in [0, 0.05) is 11.3 Å². The normalized spacial score (nSPS) is 16.4. The van der Waals surface area contributed by atoms with Gasteiger partial charge in [-0.15, -0.1) is 0 Å². The predicted molar refractivity (Wildman–Crippen MR) is 261 cm³/mol. The van der Waals surface area contributed by atoms with Gasteiger partial charge >= 0.3 is 0 Å². The first-order valence-corrected chi connectivity index (χ1v) is 22.9. The monoisotopic (exact) mass is 801 g/mol. The Hall–Kier alpha value is -6.44. The Kier molecular flexibility index (Phi) is 9.24. The van der Waals surface area contributed by atoms with Crippen LogP contribution in [0.25, 0.3) is 33.4 Å². The van der Waals surface area contributed by atoms with Crippen molar-refractivity contribution >= 4 is 17.1 Å². The molecule has 0 fully saturated rings. The molecule has 304 valence electrons. The summed E-state index contributed by atoms with van der Waals surface area (Å²) in [6.07, 6.45) is 7.00. The SMILES string of the molecule is CC1(C)CCC(C)(C)c2c(N(c3ccc(-c4ccccc4)cc3)c3cc4c(cc3-c3cccc5c3CCCC5)-c3ccccc3C4(c3ccccc3)c3ccccc3)cccc21. The lowest BCUT2D eigenvalue weighted by atomic mass is 9.62. The zero-order valence-corrected chi connectivity index (χ0v) is 36.6. The van der Waals surface area contributed by atoms with Crippen LogP contribution in [0.2, 0.25) is 0 Å². The highest BCUT2D eigenvalue weighted by Gasteiger charge is 2.47. The van der Waals surface area contributed by atoms with Crippen molar-refractivity contribution in [1.82, 2.24) is 0 Å². The molecule has 62 heavy (non-hydrogen) atoms. The van der Waals surface area contributed by atoms with Crippen molar-refractivity contribution in [3.05, 3.63) is 233 Å². The first-order chi connectivity index (χ1) is 30.3. The van der Waals surface area contributed by atoms with Crippen LogP contribution < -0.4 is 4.90 Å². The van der Waals surface area contributed by atoms with E-state index < -0.39 is 5.41 Å². The average molecular weight is 802 g/mol. The fourth-order valence-corrected chi connectivity index (χ4v) is 11.6. The molecule has 1 heteroatoms. The smallest absolute Gasteiger partial charge is 0.0714 e. The summed E-state index contributed by atoms with van der Waals surface area (Å²) in [5, 5.41) is 0. The number of benzene rings is 8. The fraction of sp³-hybridized carbons (Fsp3) is 0.213. The zero-order chi connectivity index (χ0) is 42.1. The highest BCUT2D eigenvalue weighted by Crippen LogP contribution is 2.60. The van der Waals surface area contributed by atoms with Crippen molar-refractivity contribution in [2.45, 2.75) is 82.5 Å². The minimum absolute atomic E-state index is 0.0272. The third kappa shape index (κ3) is 6.04. The summed E-state index contributed by atoms with van der Waals surface area (Å²) in [5.74, 6) is 0. The molecule has 0 unspecified atom stereocenters. The van der Waals surface area contributed by atoms with Crippen molar-refractivity contribution in [2.75, 3.05) is 4.90 Å². The molecule has 11 rings (SSSR count). The Balaban J connectivity index is 1.29. The first-order valence-electron chi connectivity index (χ1n) is 22.9. The molecule has 3 aliphatic rings. The molecular formula is C61H55N. The van der Waals surface area contributed by atoms with E-state index in [9.17, 15) is 0 Å². The Morgan fingerprint density at radius 1 is 0.403 bits per heavy atom. The molecule has 3 aliphatic carbocycles. The summed E-state index contributed by atoms with van der Waals surface area (Å²) < 4.78 is 0. The van der Waals surface area contributed by atoms with Crippen molar-refractivity contribution in [3.8, 4) is 33.4 Å². The van der Waals surface area contributed by atoms with Crippen molar-refractivity contribution in [3.63, 3.8) is 0 Å². The van der Waals surface area contributed by atoms with Gasteiger partial charge in [0.2, 0.25) is 0 Å². The molecule has 8 aromatic rings. The van der Waals surface area contributed by atoms with Gasteiger partial charge in [-0.2, -0.15) is 0 Å². The van der Waals surface area contributed by atoms with Crippen LogP contribution in [0.5, 0.6) is 0 Å². The van der Waals surface area contributed by atoms with Crippen LogP contribution >= 0.6 is 0 Å². The molecule has 0 aliphatic heterocycles. The van der Waals surface area contributed by atoms with Crippen LogP contribution in [0.4, 0.5) is 17.1 Å². The third-order valence-corrected chi connectivity index (χ3v) is 14.8. The average Bonchev–Trinajstić information content (AvgIpc) is 3.61. The Labute approximate surface area is 368 Å². The van der Waals surface area contributed by atoms with Crippen LogP contribution in [0.15, 0.2) is 188 Å². The lowest BCUT2D eigenvalue weighted by molar-refractivity contribution is 0.332. The van der Waals surface area contributed by atoms with E-state index in [4.69, 9.17) is 0 Å². The van der Waals surface area contributed by atoms with Crippen LogP contribution in [0.1, 0.15) is 97.9 Å². The Morgan fingerprint density at radius 3 is 1.71 bits per heavy atom. The summed E-state index contributed by atoms with van der Waals surface area (Å²) in [6, 6.07) is 71.5. The van der Waals surface area contributed by atoms with Crippen LogP contribution in [-0.4, -0.2) is 0 Å². The molecular weight excluding hydrogens is 747 g/mol. The standard InChI is InChI=1S/C61H55N/c1-59(2)38-39-60(3,4)58-54(59)32-19-33-56(58)62(47-36-34-43(35-37-47)42-20-8-5-9-21-42)57-41-55-51(40-52(57)49-30-18-23-44-22-14-15-28-48(44)49)50-29-16-17-31-53(50)61(55,45-24-10-6-11-25-45)46-26-12-7-13-27-46/h5-13,16-21,23-27,29-37,40-41H,14-15,22,28,38-39H2,1-4H3. The molecule has 0 bridgehead atoms. The molecule has 0 aromatic heterocycles. The van der Waals surface area contributed by atoms with E-state index in [1.54, 1.807) is 0 Å². The van der Waals surface area contributed by atoms with E-state index in [0.29, 0.717) is 0 Å². The lowest BCUT2D eigenvalue weighted by Crippen LogP contribution is -2.35. The van der Waals surface area contributed by atoms with Gasteiger partial charge in [0.15, 0.2) is 0 Å². The molecule has 0 saturated heterocycles. The van der Waals surface area contributed by atoms with Crippen LogP contribution in [0.3, 0.4) is 0 Å². The van der Waals surface area contributed by atoms with Gasteiger partial charge < -0.3 is 4.90 Å². The summed E-state index contributed by atoms with van der Waals surface area (Å²) in [6.45, 7) is 9.86. The highest BCUT2D eigenvalue weighted by molar-refractivity contribution is 5.98. The molecule has 0 spiro atoms. The van der Waals surface area contributed by atoms with Gasteiger partial charge in [-0.1, -0.05) is 185 Å². The Bertz CT molecular complexity index is 2900. The largest absolute Gasteiger partial charge is 0.310 e. The fourth-order valence-electron chi connectivity index (χ4n) is 11.6. The van der Waals surface area contributed by atoms with E-state index in [2.05, 4.69) is 221 Å². The lowest BCUT2D eigenvalue weighted by Gasteiger charge is -2.45. The molecule has 0 atom stereocenters. The van der Waals surface area contributed by atoms with E-state index in [1.807, 2.05) is 0 Å². The molecule has 0 radical (unpaired) electrons. The number of nitrogens with zero attached hydrogens (tertiary/aromatic N) is 1. The molecule has 0 heterocycles. The first kappa shape index (κ1) is 38.5. The van der Waals surface area contributed by atoms with Crippen molar-refractivity contribution in [1.29, 1.82) is 0 Å². The molecule has 1 nitrogen and oxygen atoms in total. The maximum Gasteiger partial charge on any atom is 0.0714 e. The quantitative estimate of drug-likeness (QED) is 0.155. The Morgan fingerprint density at radius 2 is 0.984 bits per heavy atom. The van der Waals surface area contributed by atoms with Gasteiger partial charge in [0.1, 0.15) is 0 Å². The van der Waals surface area contributed by atoms with Gasteiger partial charge in [0.05, 0.1) is 16.8 Å². The molecule has 0 amide bonds. The van der Waals surface area contributed by atoms with Crippen LogP contribution in [0, 0.1) is 0 Å². The van der Waals surface area contributed by atoms with E-state index in [-0.39, 0.29) is 10.8 Å². The number of hydrogen-bond acceptors (Lipinski definition) is 1. The molecule has 0 saturated carbocycles. The van der Waals surface area contributed by atoms with Gasteiger partial charge in [-0.25, -0.2) is 0 Å². The molecule has 8 aromatic carbocycles. The number of rotatable bonds is 7. The van der Waals surface area contributed by atoms with Crippen LogP contribution in [-0.2, 0) is 29.1 Å². The second kappa shape index (κ2) is 14.9. The van der Waals surface area contributed by atoms with Crippen molar-refractivity contribution in [2.24, 2.45) is 0 Å². The summed E-state index contributed by atoms with van der Waals surface area (Å²) in [4.78, 5) is 2.67. The second-order valence-electron chi connectivity index (χ2n) is 19.3. The summed E-state index contributed by atoms with van der Waals surface area (Å²) in [7, 11) is 0. The minimum Gasteiger partial charge on any atom is -0.310 e. The number of aryl methyl sites for hydroxylation is 1. The predicted octanol–water partition coefficient (Wildman–Crippen LogP) is 16.1. The summed E-state index contributed by atoms with van der Waals surface area (Å²) >= 11 is 0. The van der Waals surface area contributed by atoms with Gasteiger partial charge in [0.25, 0.3) is 0 Å². The van der Waals surface area contributed by atoms with Gasteiger partial charge in [-0.3, -0.25) is 0 Å². The number of anilines is 3. The van der Waals surface area contributed by atoms with E-state index >= 15 is 0 Å². The zero-order valence-electron chi connectivity index (χ0n) is 36.6. The number of fused-ring (bicyclic) bond motifs is 5. The van der Waals surface area contributed by atoms with Crippen molar-refractivity contribution < 1.29 is 0 Å². The maximum atomic E-state index is 2.67. The minimum atomic E-state index is -0.530. The van der Waals surface area contributed by atoms with E-state index in [1.165, 1.54) is 108 Å². The molecule has 0 N–H and O–H groups in total. The number of hydrogen-bond donors (Lipinski definition) is 0. The summed E-state index contributed by atoms with van der Waals surface area (Å²) in [5.41, 5.74) is 22.1. The third-order valence-electron chi connectivity index (χ3n) is 14.8. The second-order valence-corrected chi connectivity index (χ2v) is 19.3. The maximum absolute atomic E-state index is 2.67.